The van der Waals surface area contributed by atoms with E-state index in [4.69, 9.17) is 4.74 Å². The van der Waals surface area contributed by atoms with Gasteiger partial charge in [-0.1, -0.05) is 24.3 Å². The van der Waals surface area contributed by atoms with Crippen molar-refractivity contribution in [3.05, 3.63) is 42.1 Å². The van der Waals surface area contributed by atoms with Crippen molar-refractivity contribution in [2.24, 2.45) is 4.99 Å². The standard InChI is InChI=1S/C17H24N4O/c1-3-22-12-6-11-20-17(18-2)21-13-15-8-4-7-14-9-5-10-19-16(14)15/h4-5,7-10H,3,6,11-13H2,1-2H3,(H2,18,20,21). The third-order valence-electron chi connectivity index (χ3n) is 3.35. The van der Waals surface area contributed by atoms with Crippen LogP contribution in [0.5, 0.6) is 0 Å². The van der Waals surface area contributed by atoms with Crippen molar-refractivity contribution >= 4 is 16.9 Å². The van der Waals surface area contributed by atoms with Gasteiger partial charge in [-0.25, -0.2) is 0 Å². The highest BCUT2D eigenvalue weighted by molar-refractivity contribution is 5.83. The average Bonchev–Trinajstić information content (AvgIpc) is 2.57. The third kappa shape index (κ3) is 4.70. The van der Waals surface area contributed by atoms with Gasteiger partial charge in [0.15, 0.2) is 5.96 Å². The van der Waals surface area contributed by atoms with E-state index in [1.807, 2.05) is 19.2 Å². The van der Waals surface area contributed by atoms with Crippen LogP contribution in [0.25, 0.3) is 10.9 Å². The molecule has 0 bridgehead atoms. The minimum absolute atomic E-state index is 0.694. The van der Waals surface area contributed by atoms with E-state index in [-0.39, 0.29) is 0 Å². The topological polar surface area (TPSA) is 58.5 Å². The molecule has 0 aliphatic rings. The van der Waals surface area contributed by atoms with Gasteiger partial charge in [0.05, 0.1) is 5.52 Å². The van der Waals surface area contributed by atoms with E-state index >= 15 is 0 Å². The molecule has 0 radical (unpaired) electrons. The molecule has 0 spiro atoms. The highest BCUT2D eigenvalue weighted by Crippen LogP contribution is 2.15. The molecule has 0 amide bonds. The quantitative estimate of drug-likeness (QED) is 0.468. The molecule has 1 aromatic carbocycles. The second-order valence-corrected chi connectivity index (χ2v) is 4.90. The lowest BCUT2D eigenvalue weighted by atomic mass is 10.1. The van der Waals surface area contributed by atoms with Gasteiger partial charge in [-0.2, -0.15) is 0 Å². The first-order valence-corrected chi connectivity index (χ1v) is 7.70. The van der Waals surface area contributed by atoms with Gasteiger partial charge in [-0.15, -0.1) is 0 Å². The first-order valence-electron chi connectivity index (χ1n) is 7.70. The molecule has 2 N–H and O–H groups in total. The van der Waals surface area contributed by atoms with E-state index in [2.05, 4.69) is 44.9 Å². The molecule has 0 saturated carbocycles. The summed E-state index contributed by atoms with van der Waals surface area (Å²) < 4.78 is 5.32. The summed E-state index contributed by atoms with van der Waals surface area (Å²) in [6, 6.07) is 10.3. The second kappa shape index (κ2) is 9.00. The Balaban J connectivity index is 1.87. The van der Waals surface area contributed by atoms with Crippen LogP contribution in [0.1, 0.15) is 18.9 Å². The van der Waals surface area contributed by atoms with Crippen LogP contribution in [0.2, 0.25) is 0 Å². The van der Waals surface area contributed by atoms with Crippen molar-refractivity contribution in [2.45, 2.75) is 19.9 Å². The number of benzene rings is 1. The lowest BCUT2D eigenvalue weighted by molar-refractivity contribution is 0.145. The summed E-state index contributed by atoms with van der Waals surface area (Å²) in [5, 5.41) is 7.77. The normalized spacial score (nSPS) is 11.6. The molecule has 2 rings (SSSR count). The first kappa shape index (κ1) is 16.2. The van der Waals surface area contributed by atoms with E-state index in [1.165, 1.54) is 0 Å². The lowest BCUT2D eigenvalue weighted by Gasteiger charge is -2.12. The number of rotatable bonds is 7. The molecular formula is C17H24N4O. The number of nitrogens with one attached hydrogen (secondary N) is 2. The summed E-state index contributed by atoms with van der Waals surface area (Å²) in [6.07, 6.45) is 2.79. The predicted octanol–water partition coefficient (Wildman–Crippen LogP) is 2.33. The van der Waals surface area contributed by atoms with Crippen molar-refractivity contribution in [1.29, 1.82) is 0 Å². The van der Waals surface area contributed by atoms with E-state index in [1.54, 1.807) is 7.05 Å². The minimum atomic E-state index is 0.694. The summed E-state index contributed by atoms with van der Waals surface area (Å²) in [4.78, 5) is 8.70. The summed E-state index contributed by atoms with van der Waals surface area (Å²) in [5.41, 5.74) is 2.19. The first-order chi connectivity index (χ1) is 10.8. The number of nitrogens with zero attached hydrogens (tertiary/aromatic N) is 2. The maximum atomic E-state index is 5.32. The molecule has 0 saturated heterocycles. The molecule has 0 fully saturated rings. The van der Waals surface area contributed by atoms with E-state index in [9.17, 15) is 0 Å². The van der Waals surface area contributed by atoms with Crippen LogP contribution >= 0.6 is 0 Å². The Kier molecular flexibility index (Phi) is 6.64. The molecule has 2 aromatic rings. The monoisotopic (exact) mass is 300 g/mol. The molecule has 22 heavy (non-hydrogen) atoms. The van der Waals surface area contributed by atoms with Crippen molar-refractivity contribution in [3.63, 3.8) is 0 Å². The van der Waals surface area contributed by atoms with Crippen LogP contribution in [-0.2, 0) is 11.3 Å². The zero-order valence-corrected chi connectivity index (χ0v) is 13.3. The molecule has 1 heterocycles. The Bertz CT molecular complexity index is 607. The van der Waals surface area contributed by atoms with Gasteiger partial charge in [-0.05, 0) is 25.0 Å². The zero-order valence-electron chi connectivity index (χ0n) is 13.3. The lowest BCUT2D eigenvalue weighted by Crippen LogP contribution is -2.37. The summed E-state index contributed by atoms with van der Waals surface area (Å²) in [7, 11) is 1.78. The van der Waals surface area contributed by atoms with Crippen LogP contribution in [0.3, 0.4) is 0 Å². The van der Waals surface area contributed by atoms with E-state index in [0.717, 1.165) is 48.6 Å². The number of hydrogen-bond acceptors (Lipinski definition) is 3. The molecule has 0 aliphatic heterocycles. The Labute approximate surface area is 131 Å². The second-order valence-electron chi connectivity index (χ2n) is 4.90. The van der Waals surface area contributed by atoms with Gasteiger partial charge < -0.3 is 15.4 Å². The molecule has 5 heteroatoms. The number of guanidine groups is 1. The van der Waals surface area contributed by atoms with Crippen LogP contribution in [0, 0.1) is 0 Å². The summed E-state index contributed by atoms with van der Waals surface area (Å²) in [5.74, 6) is 0.796. The number of aliphatic imine (C=N–C) groups is 1. The Morgan fingerprint density at radius 1 is 1.23 bits per heavy atom. The molecule has 5 nitrogen and oxygen atoms in total. The van der Waals surface area contributed by atoms with Crippen LogP contribution in [0.4, 0.5) is 0 Å². The van der Waals surface area contributed by atoms with Crippen molar-refractivity contribution in [2.75, 3.05) is 26.8 Å². The van der Waals surface area contributed by atoms with Gasteiger partial charge in [0.1, 0.15) is 0 Å². The Morgan fingerprint density at radius 3 is 2.91 bits per heavy atom. The fraction of sp³-hybridized carbons (Fsp3) is 0.412. The molecule has 0 atom stereocenters. The zero-order chi connectivity index (χ0) is 15.6. The molecule has 118 valence electrons. The summed E-state index contributed by atoms with van der Waals surface area (Å²) >= 11 is 0. The highest BCUT2D eigenvalue weighted by atomic mass is 16.5. The fourth-order valence-corrected chi connectivity index (χ4v) is 2.23. The Morgan fingerprint density at radius 2 is 2.09 bits per heavy atom. The van der Waals surface area contributed by atoms with E-state index in [0.29, 0.717) is 6.54 Å². The number of hydrogen-bond donors (Lipinski definition) is 2. The van der Waals surface area contributed by atoms with Gasteiger partial charge in [-0.3, -0.25) is 9.98 Å². The van der Waals surface area contributed by atoms with Crippen molar-refractivity contribution < 1.29 is 4.74 Å². The van der Waals surface area contributed by atoms with Crippen LogP contribution in [0.15, 0.2) is 41.5 Å². The Hall–Kier alpha value is -2.14. The SMILES string of the molecule is CCOCCCNC(=NC)NCc1cccc2cccnc12. The third-order valence-corrected chi connectivity index (χ3v) is 3.35. The maximum Gasteiger partial charge on any atom is 0.191 e. The van der Waals surface area contributed by atoms with Gasteiger partial charge >= 0.3 is 0 Å². The maximum absolute atomic E-state index is 5.32. The highest BCUT2D eigenvalue weighted by Gasteiger charge is 2.03. The van der Waals surface area contributed by atoms with Crippen molar-refractivity contribution in [1.82, 2.24) is 15.6 Å². The average molecular weight is 300 g/mol. The van der Waals surface area contributed by atoms with Gasteiger partial charge in [0, 0.05) is 44.9 Å². The predicted molar refractivity (Wildman–Crippen MR) is 91.1 cm³/mol. The van der Waals surface area contributed by atoms with Crippen LogP contribution in [-0.4, -0.2) is 37.7 Å². The largest absolute Gasteiger partial charge is 0.382 e. The number of fused-ring (bicyclic) bond motifs is 1. The smallest absolute Gasteiger partial charge is 0.191 e. The summed E-state index contributed by atoms with van der Waals surface area (Å²) in [6.45, 7) is 5.08. The van der Waals surface area contributed by atoms with E-state index < -0.39 is 0 Å². The number of para-hydroxylation sites is 1. The molecule has 0 aliphatic carbocycles. The number of aromatic nitrogens is 1. The number of pyridine rings is 1. The van der Waals surface area contributed by atoms with Gasteiger partial charge in [0.25, 0.3) is 0 Å². The van der Waals surface area contributed by atoms with Crippen LogP contribution < -0.4 is 10.6 Å². The van der Waals surface area contributed by atoms with Gasteiger partial charge in [0.2, 0.25) is 0 Å². The minimum Gasteiger partial charge on any atom is -0.382 e. The fourth-order valence-electron chi connectivity index (χ4n) is 2.23. The molecular weight excluding hydrogens is 276 g/mol. The van der Waals surface area contributed by atoms with Crippen molar-refractivity contribution in [3.8, 4) is 0 Å². The molecule has 0 unspecified atom stereocenters. The number of ether oxygens (including phenoxy) is 1. The molecule has 1 aromatic heterocycles.